The summed E-state index contributed by atoms with van der Waals surface area (Å²) >= 11 is 3.38. The van der Waals surface area contributed by atoms with Gasteiger partial charge in [0.2, 0.25) is 10.0 Å². The molecule has 2 rings (SSSR count). The fourth-order valence-corrected chi connectivity index (χ4v) is 3.10. The van der Waals surface area contributed by atoms with Crippen molar-refractivity contribution >= 4 is 31.6 Å². The van der Waals surface area contributed by atoms with Crippen molar-refractivity contribution in [3.05, 3.63) is 52.5 Å². The summed E-state index contributed by atoms with van der Waals surface area (Å²) < 4.78 is 32.8. The van der Waals surface area contributed by atoms with Crippen molar-refractivity contribution in [3.63, 3.8) is 0 Å². The Morgan fingerprint density at radius 1 is 1.24 bits per heavy atom. The van der Waals surface area contributed by atoms with Crippen LogP contribution in [-0.4, -0.2) is 15.5 Å². The van der Waals surface area contributed by atoms with Gasteiger partial charge in [0.25, 0.3) is 0 Å². The molecule has 112 valence electrons. The lowest BCUT2D eigenvalue weighted by Gasteiger charge is -2.12. The minimum absolute atomic E-state index is 0.0278. The third-order valence-corrected chi connectivity index (χ3v) is 4.74. The molecule has 0 spiro atoms. The quantitative estimate of drug-likeness (QED) is 0.792. The molecule has 0 aliphatic carbocycles. The molecule has 2 aromatic rings. The molecule has 0 aliphatic rings. The Kier molecular flexibility index (Phi) is 4.87. The summed E-state index contributed by atoms with van der Waals surface area (Å²) in [6, 6.07) is 12.1. The van der Waals surface area contributed by atoms with Crippen molar-refractivity contribution in [3.8, 4) is 5.75 Å². The molecule has 0 saturated heterocycles. The number of hydrogen-bond donors (Lipinski definition) is 2. The molecule has 7 heteroatoms. The van der Waals surface area contributed by atoms with E-state index >= 15 is 0 Å². The lowest BCUT2D eigenvalue weighted by Crippen LogP contribution is -2.19. The molecule has 0 aromatic heterocycles. The molecular formula is C14H15BrN2O3S. The normalized spacial score (nSPS) is 11.3. The van der Waals surface area contributed by atoms with Crippen LogP contribution in [0.5, 0.6) is 5.75 Å². The second kappa shape index (κ2) is 6.46. The lowest BCUT2D eigenvalue weighted by atomic mass is 10.2. The molecule has 0 bridgehead atoms. The van der Waals surface area contributed by atoms with Gasteiger partial charge in [-0.15, -0.1) is 0 Å². The van der Waals surface area contributed by atoms with Crippen LogP contribution in [0.3, 0.4) is 0 Å². The van der Waals surface area contributed by atoms with E-state index in [9.17, 15) is 8.42 Å². The van der Waals surface area contributed by atoms with Crippen LogP contribution in [0.2, 0.25) is 0 Å². The van der Waals surface area contributed by atoms with Crippen LogP contribution in [-0.2, 0) is 16.6 Å². The molecule has 0 amide bonds. The number of benzene rings is 2. The second-order valence-corrected chi connectivity index (χ2v) is 7.10. The van der Waals surface area contributed by atoms with Crippen molar-refractivity contribution < 1.29 is 13.2 Å². The second-order valence-electron chi connectivity index (χ2n) is 4.33. The van der Waals surface area contributed by atoms with Gasteiger partial charge in [-0.25, -0.2) is 13.1 Å². The smallest absolute Gasteiger partial charge is 0.244 e. The molecule has 0 saturated carbocycles. The van der Waals surface area contributed by atoms with Gasteiger partial charge in [0, 0.05) is 10.2 Å². The van der Waals surface area contributed by atoms with Gasteiger partial charge in [-0.1, -0.05) is 28.1 Å². The Morgan fingerprint density at radius 3 is 2.67 bits per heavy atom. The highest BCUT2D eigenvalue weighted by Gasteiger charge is 2.18. The highest BCUT2D eigenvalue weighted by Crippen LogP contribution is 2.27. The Hall–Kier alpha value is -1.57. The van der Waals surface area contributed by atoms with Crippen molar-refractivity contribution in [2.75, 3.05) is 12.8 Å². The molecule has 21 heavy (non-hydrogen) atoms. The Balaban J connectivity index is 2.28. The number of hydrogen-bond acceptors (Lipinski definition) is 4. The molecule has 0 aliphatic heterocycles. The van der Waals surface area contributed by atoms with E-state index in [0.29, 0.717) is 5.69 Å². The van der Waals surface area contributed by atoms with Crippen LogP contribution >= 0.6 is 15.9 Å². The third-order valence-electron chi connectivity index (χ3n) is 2.81. The Morgan fingerprint density at radius 2 is 2.00 bits per heavy atom. The van der Waals surface area contributed by atoms with E-state index in [-0.39, 0.29) is 17.3 Å². The number of halogens is 1. The average molecular weight is 371 g/mol. The average Bonchev–Trinajstić information content (AvgIpc) is 2.46. The summed E-state index contributed by atoms with van der Waals surface area (Å²) in [5, 5.41) is 0. The fourth-order valence-electron chi connectivity index (χ4n) is 1.75. The van der Waals surface area contributed by atoms with E-state index in [0.717, 1.165) is 10.0 Å². The zero-order valence-electron chi connectivity index (χ0n) is 11.3. The number of nitrogens with two attached hydrogens (primary N) is 1. The van der Waals surface area contributed by atoms with Crippen molar-refractivity contribution in [1.29, 1.82) is 0 Å². The largest absolute Gasteiger partial charge is 0.487 e. The zero-order chi connectivity index (χ0) is 15.5. The molecule has 5 nitrogen and oxygen atoms in total. The predicted octanol–water partition coefficient (Wildman–Crippen LogP) is 2.52. The third kappa shape index (κ3) is 3.96. The van der Waals surface area contributed by atoms with Gasteiger partial charge >= 0.3 is 0 Å². The molecular weight excluding hydrogens is 356 g/mol. The van der Waals surface area contributed by atoms with Gasteiger partial charge < -0.3 is 10.5 Å². The molecule has 2 aromatic carbocycles. The molecule has 0 fully saturated rings. The molecule has 0 radical (unpaired) electrons. The molecule has 0 heterocycles. The number of sulfonamides is 1. The standard InChI is InChI=1S/C14H15BrN2O3S/c1-17-21(18,19)14-8-12(16)5-6-13(14)20-9-10-3-2-4-11(15)7-10/h2-8,17H,9,16H2,1H3. The lowest BCUT2D eigenvalue weighted by molar-refractivity contribution is 0.298. The van der Waals surface area contributed by atoms with Crippen molar-refractivity contribution in [2.45, 2.75) is 11.5 Å². The van der Waals surface area contributed by atoms with Crippen LogP contribution in [0.4, 0.5) is 5.69 Å². The van der Waals surface area contributed by atoms with Crippen molar-refractivity contribution in [1.82, 2.24) is 4.72 Å². The van der Waals surface area contributed by atoms with Crippen LogP contribution in [0, 0.1) is 0 Å². The number of ether oxygens (including phenoxy) is 1. The summed E-state index contributed by atoms with van der Waals surface area (Å²) in [7, 11) is -2.28. The first-order valence-electron chi connectivity index (χ1n) is 6.12. The van der Waals surface area contributed by atoms with E-state index in [4.69, 9.17) is 10.5 Å². The van der Waals surface area contributed by atoms with Gasteiger partial charge in [-0.05, 0) is 42.9 Å². The Bertz CT molecular complexity index is 748. The van der Waals surface area contributed by atoms with Crippen LogP contribution in [0.25, 0.3) is 0 Å². The van der Waals surface area contributed by atoms with Crippen LogP contribution < -0.4 is 15.2 Å². The first-order chi connectivity index (χ1) is 9.92. The molecule has 0 unspecified atom stereocenters. The Labute approximate surface area is 132 Å². The topological polar surface area (TPSA) is 81.4 Å². The highest BCUT2D eigenvalue weighted by atomic mass is 79.9. The minimum Gasteiger partial charge on any atom is -0.487 e. The maximum Gasteiger partial charge on any atom is 0.244 e. The first-order valence-corrected chi connectivity index (χ1v) is 8.40. The number of anilines is 1. The van der Waals surface area contributed by atoms with Gasteiger partial charge in [0.15, 0.2) is 0 Å². The van der Waals surface area contributed by atoms with E-state index in [1.54, 1.807) is 12.1 Å². The molecule has 3 N–H and O–H groups in total. The van der Waals surface area contributed by atoms with Crippen molar-refractivity contribution in [2.24, 2.45) is 0 Å². The van der Waals surface area contributed by atoms with Gasteiger partial charge in [0.1, 0.15) is 17.3 Å². The monoisotopic (exact) mass is 370 g/mol. The van der Waals surface area contributed by atoms with E-state index < -0.39 is 10.0 Å². The highest BCUT2D eigenvalue weighted by molar-refractivity contribution is 9.10. The maximum absolute atomic E-state index is 12.0. The van der Waals surface area contributed by atoms with Gasteiger partial charge in [-0.2, -0.15) is 0 Å². The van der Waals surface area contributed by atoms with Gasteiger partial charge in [-0.3, -0.25) is 0 Å². The van der Waals surface area contributed by atoms with Crippen LogP contribution in [0.15, 0.2) is 51.8 Å². The number of nitrogens with one attached hydrogen (secondary N) is 1. The number of rotatable bonds is 5. The minimum atomic E-state index is -3.63. The molecule has 0 atom stereocenters. The summed E-state index contributed by atoms with van der Waals surface area (Å²) in [6.45, 7) is 0.260. The fraction of sp³-hybridized carbons (Fsp3) is 0.143. The van der Waals surface area contributed by atoms with Crippen LogP contribution in [0.1, 0.15) is 5.56 Å². The predicted molar refractivity (Wildman–Crippen MR) is 85.6 cm³/mol. The number of nitrogen functional groups attached to an aromatic ring is 1. The SMILES string of the molecule is CNS(=O)(=O)c1cc(N)ccc1OCc1cccc(Br)c1. The summed E-state index contributed by atoms with van der Waals surface area (Å²) in [4.78, 5) is 0.0278. The zero-order valence-corrected chi connectivity index (χ0v) is 13.7. The first kappa shape index (κ1) is 15.8. The van der Waals surface area contributed by atoms with E-state index in [1.165, 1.54) is 13.1 Å². The van der Waals surface area contributed by atoms with Gasteiger partial charge in [0.05, 0.1) is 0 Å². The summed E-state index contributed by atoms with van der Waals surface area (Å²) in [6.07, 6.45) is 0. The summed E-state index contributed by atoms with van der Waals surface area (Å²) in [5.74, 6) is 0.263. The van der Waals surface area contributed by atoms with E-state index in [2.05, 4.69) is 20.7 Å². The maximum atomic E-state index is 12.0. The summed E-state index contributed by atoms with van der Waals surface area (Å²) in [5.41, 5.74) is 6.94. The van der Waals surface area contributed by atoms with E-state index in [1.807, 2.05) is 24.3 Å².